The maximum Gasteiger partial charge on any atom is 0.326 e. The third-order valence-corrected chi connectivity index (χ3v) is 5.80. The molecule has 1 aromatic carbocycles. The summed E-state index contributed by atoms with van der Waals surface area (Å²) in [6.07, 6.45) is 6.61. The molecule has 0 saturated carbocycles. The maximum absolute atomic E-state index is 12.5. The zero-order chi connectivity index (χ0) is 27.7. The molecule has 0 fully saturated rings. The highest BCUT2D eigenvalue weighted by Crippen LogP contribution is 2.31. The number of hydrogen-bond acceptors (Lipinski definition) is 9. The average molecular weight is 522 g/mol. The fourth-order valence-electron chi connectivity index (χ4n) is 3.67. The summed E-state index contributed by atoms with van der Waals surface area (Å²) in [4.78, 5) is 49.0. The van der Waals surface area contributed by atoms with Crippen LogP contribution in [0.3, 0.4) is 0 Å². The molecule has 1 aromatic rings. The Labute approximate surface area is 220 Å². The Morgan fingerprint density at radius 1 is 0.784 bits per heavy atom. The van der Waals surface area contributed by atoms with Gasteiger partial charge in [-0.15, -0.1) is 0 Å². The second kappa shape index (κ2) is 17.5. The molecule has 0 aliphatic heterocycles. The van der Waals surface area contributed by atoms with Crippen LogP contribution in [0, 0.1) is 0 Å². The van der Waals surface area contributed by atoms with Gasteiger partial charge in [0.15, 0.2) is 11.5 Å². The molecule has 0 aliphatic carbocycles. The highest BCUT2D eigenvalue weighted by atomic mass is 16.6. The fourth-order valence-corrected chi connectivity index (χ4v) is 3.67. The molecule has 0 unspecified atom stereocenters. The van der Waals surface area contributed by atoms with E-state index in [-0.39, 0.29) is 56.2 Å². The van der Waals surface area contributed by atoms with Crippen molar-refractivity contribution in [1.29, 1.82) is 0 Å². The molecule has 1 rings (SSSR count). The Morgan fingerprint density at radius 2 is 1.38 bits per heavy atom. The number of unbranched alkanes of at least 4 members (excludes halogenated alkanes) is 4. The first-order chi connectivity index (χ1) is 17.7. The van der Waals surface area contributed by atoms with E-state index in [2.05, 4.69) is 0 Å². The zero-order valence-electron chi connectivity index (χ0n) is 22.8. The number of rotatable bonds is 18. The van der Waals surface area contributed by atoms with Crippen molar-refractivity contribution in [1.82, 2.24) is 0 Å². The van der Waals surface area contributed by atoms with Crippen molar-refractivity contribution < 1.29 is 38.1 Å². The number of carbonyl (C=O) groups is 4. The number of nitrogens with two attached hydrogens (primary N) is 1. The summed E-state index contributed by atoms with van der Waals surface area (Å²) in [6, 6.07) is 4.72. The number of hydrogen-bond donors (Lipinski definition) is 1. The van der Waals surface area contributed by atoms with Crippen molar-refractivity contribution >= 4 is 23.9 Å². The topological polar surface area (TPSA) is 131 Å². The summed E-state index contributed by atoms with van der Waals surface area (Å²) < 4.78 is 21.1. The molecule has 1 atom stereocenters. The van der Waals surface area contributed by atoms with Crippen LogP contribution in [0.25, 0.3) is 0 Å². The monoisotopic (exact) mass is 521 g/mol. The summed E-state index contributed by atoms with van der Waals surface area (Å²) in [5, 5.41) is 0. The minimum absolute atomic E-state index is 0.0239. The van der Waals surface area contributed by atoms with Crippen LogP contribution in [0.2, 0.25) is 0 Å². The molecule has 37 heavy (non-hydrogen) atoms. The first-order valence-corrected chi connectivity index (χ1v) is 13.3. The lowest BCUT2D eigenvalue weighted by Gasteiger charge is -2.26. The molecular weight excluding hydrogens is 478 g/mol. The van der Waals surface area contributed by atoms with Crippen LogP contribution >= 0.6 is 0 Å². The van der Waals surface area contributed by atoms with Gasteiger partial charge in [-0.2, -0.15) is 0 Å². The van der Waals surface area contributed by atoms with Crippen LogP contribution in [0.5, 0.6) is 11.5 Å². The van der Waals surface area contributed by atoms with Crippen molar-refractivity contribution in [3.05, 3.63) is 23.8 Å². The number of carbonyl (C=O) groups excluding carboxylic acids is 4. The lowest BCUT2D eigenvalue weighted by molar-refractivity contribution is -0.151. The van der Waals surface area contributed by atoms with E-state index in [0.717, 1.165) is 25.7 Å². The van der Waals surface area contributed by atoms with Gasteiger partial charge < -0.3 is 24.7 Å². The number of esters is 4. The average Bonchev–Trinajstić information content (AvgIpc) is 2.85. The number of ether oxygens (including phenoxy) is 4. The van der Waals surface area contributed by atoms with Crippen LogP contribution in [0.1, 0.15) is 97.0 Å². The second-order valence-corrected chi connectivity index (χ2v) is 9.19. The van der Waals surface area contributed by atoms with Crippen LogP contribution in [0.4, 0.5) is 0 Å². The highest BCUT2D eigenvalue weighted by molar-refractivity contribution is 5.81. The molecule has 208 valence electrons. The van der Waals surface area contributed by atoms with Gasteiger partial charge in [0.25, 0.3) is 0 Å². The van der Waals surface area contributed by atoms with Crippen molar-refractivity contribution in [2.45, 2.75) is 103 Å². The summed E-state index contributed by atoms with van der Waals surface area (Å²) in [7, 11) is 1.23. The first kappa shape index (κ1) is 32.1. The SMILES string of the molecule is CCCCCC(=O)Oc1ccc(C[C@](N)(CCOC(=O)CCC)C(=O)OC)cc1OC(=O)CCCCC. The van der Waals surface area contributed by atoms with Gasteiger partial charge in [0.2, 0.25) is 0 Å². The molecule has 0 saturated heterocycles. The largest absolute Gasteiger partial charge is 0.468 e. The van der Waals surface area contributed by atoms with Gasteiger partial charge in [-0.3, -0.25) is 19.2 Å². The Bertz CT molecular complexity index is 885. The summed E-state index contributed by atoms with van der Waals surface area (Å²) in [5.74, 6) is -1.67. The van der Waals surface area contributed by atoms with Crippen molar-refractivity contribution in [2.75, 3.05) is 13.7 Å². The van der Waals surface area contributed by atoms with Crippen LogP contribution in [-0.4, -0.2) is 43.1 Å². The van der Waals surface area contributed by atoms with Crippen molar-refractivity contribution in [2.24, 2.45) is 5.73 Å². The standard InChI is InChI=1S/C28H43NO8/c1-5-8-10-13-25(31)36-22-16-15-21(19-23(22)37-26(32)14-11-9-6-2)20-28(29,27(33)34-4)17-18-35-24(30)12-7-3/h15-16,19H,5-14,17-18,20,29H2,1-4H3/t28-/m1/s1. The van der Waals surface area contributed by atoms with Crippen LogP contribution in [-0.2, 0) is 35.1 Å². The minimum Gasteiger partial charge on any atom is -0.468 e. The van der Waals surface area contributed by atoms with E-state index in [9.17, 15) is 19.2 Å². The van der Waals surface area contributed by atoms with Gasteiger partial charge in [-0.05, 0) is 37.0 Å². The molecule has 2 N–H and O–H groups in total. The summed E-state index contributed by atoms with van der Waals surface area (Å²) in [5.41, 5.74) is 5.49. The quantitative estimate of drug-likeness (QED) is 0.164. The van der Waals surface area contributed by atoms with E-state index < -0.39 is 23.4 Å². The van der Waals surface area contributed by atoms with Crippen molar-refractivity contribution in [3.63, 3.8) is 0 Å². The van der Waals surface area contributed by atoms with Gasteiger partial charge in [0.05, 0.1) is 13.7 Å². The Kier molecular flexibility index (Phi) is 15.2. The van der Waals surface area contributed by atoms with Crippen molar-refractivity contribution in [3.8, 4) is 11.5 Å². The molecule has 0 bridgehead atoms. The normalized spacial score (nSPS) is 12.4. The number of methoxy groups -OCH3 is 1. The number of benzene rings is 1. The van der Waals surface area contributed by atoms with Gasteiger partial charge in [-0.1, -0.05) is 52.5 Å². The van der Waals surface area contributed by atoms with E-state index in [0.29, 0.717) is 24.8 Å². The van der Waals surface area contributed by atoms with E-state index in [1.807, 2.05) is 20.8 Å². The molecule has 0 radical (unpaired) electrons. The molecule has 0 spiro atoms. The molecule has 9 nitrogen and oxygen atoms in total. The first-order valence-electron chi connectivity index (χ1n) is 13.3. The highest BCUT2D eigenvalue weighted by Gasteiger charge is 2.36. The molecule has 0 aromatic heterocycles. The van der Waals surface area contributed by atoms with Crippen LogP contribution < -0.4 is 15.2 Å². The van der Waals surface area contributed by atoms with Gasteiger partial charge in [0.1, 0.15) is 5.54 Å². The van der Waals surface area contributed by atoms with E-state index in [1.54, 1.807) is 12.1 Å². The second-order valence-electron chi connectivity index (χ2n) is 9.19. The molecule has 0 amide bonds. The van der Waals surface area contributed by atoms with E-state index in [4.69, 9.17) is 24.7 Å². The third-order valence-electron chi connectivity index (χ3n) is 5.80. The lowest BCUT2D eigenvalue weighted by Crippen LogP contribution is -2.51. The van der Waals surface area contributed by atoms with Gasteiger partial charge in [0, 0.05) is 32.1 Å². The van der Waals surface area contributed by atoms with E-state index >= 15 is 0 Å². The maximum atomic E-state index is 12.5. The van der Waals surface area contributed by atoms with E-state index in [1.165, 1.54) is 13.2 Å². The molecule has 0 heterocycles. The Hall–Kier alpha value is -2.94. The lowest BCUT2D eigenvalue weighted by atomic mass is 9.88. The summed E-state index contributed by atoms with van der Waals surface area (Å²) >= 11 is 0. The zero-order valence-corrected chi connectivity index (χ0v) is 22.8. The predicted molar refractivity (Wildman–Crippen MR) is 139 cm³/mol. The van der Waals surface area contributed by atoms with Gasteiger partial charge in [-0.25, -0.2) is 0 Å². The minimum atomic E-state index is -1.48. The smallest absolute Gasteiger partial charge is 0.326 e. The molecule has 9 heteroatoms. The predicted octanol–water partition coefficient (Wildman–Crippen LogP) is 4.80. The molecule has 0 aliphatic rings. The molecular formula is C28H43NO8. The van der Waals surface area contributed by atoms with Gasteiger partial charge >= 0.3 is 23.9 Å². The fraction of sp³-hybridized carbons (Fsp3) is 0.643. The third kappa shape index (κ3) is 12.2. The Balaban J connectivity index is 3.11. The summed E-state index contributed by atoms with van der Waals surface area (Å²) in [6.45, 7) is 5.90. The van der Waals surface area contributed by atoms with Crippen LogP contribution in [0.15, 0.2) is 18.2 Å². The Morgan fingerprint density at radius 3 is 1.92 bits per heavy atom.